The molecule has 0 radical (unpaired) electrons. The van der Waals surface area contributed by atoms with Crippen molar-refractivity contribution in [1.29, 1.82) is 0 Å². The van der Waals surface area contributed by atoms with Crippen LogP contribution in [0.3, 0.4) is 0 Å². The fourth-order valence-electron chi connectivity index (χ4n) is 1.57. The summed E-state index contributed by atoms with van der Waals surface area (Å²) in [7, 11) is 0. The van der Waals surface area contributed by atoms with E-state index in [9.17, 15) is 0 Å². The van der Waals surface area contributed by atoms with Crippen molar-refractivity contribution in [3.05, 3.63) is 30.3 Å². The SMILES string of the molecule is NCC1CN(c2ccccc2)C1. The van der Waals surface area contributed by atoms with Crippen molar-refractivity contribution in [2.75, 3.05) is 24.5 Å². The maximum absolute atomic E-state index is 5.55. The number of rotatable bonds is 2. The quantitative estimate of drug-likeness (QED) is 0.705. The standard InChI is InChI=1S/C10H14N2/c11-6-9-7-12(8-9)10-4-2-1-3-5-10/h1-5,9H,6-8,11H2. The van der Waals surface area contributed by atoms with E-state index < -0.39 is 0 Å². The highest BCUT2D eigenvalue weighted by Crippen LogP contribution is 2.22. The molecule has 2 N–H and O–H groups in total. The third kappa shape index (κ3) is 1.30. The molecule has 2 nitrogen and oxygen atoms in total. The Morgan fingerprint density at radius 2 is 1.92 bits per heavy atom. The fraction of sp³-hybridized carbons (Fsp3) is 0.400. The zero-order valence-corrected chi connectivity index (χ0v) is 7.11. The van der Waals surface area contributed by atoms with Crippen molar-refractivity contribution in [1.82, 2.24) is 0 Å². The van der Waals surface area contributed by atoms with Crippen LogP contribution in [-0.4, -0.2) is 19.6 Å². The van der Waals surface area contributed by atoms with E-state index in [2.05, 4.69) is 29.2 Å². The second-order valence-corrected chi connectivity index (χ2v) is 3.34. The van der Waals surface area contributed by atoms with Crippen LogP contribution in [0.2, 0.25) is 0 Å². The van der Waals surface area contributed by atoms with Gasteiger partial charge in [0.25, 0.3) is 0 Å². The number of anilines is 1. The van der Waals surface area contributed by atoms with Crippen LogP contribution in [0.1, 0.15) is 0 Å². The van der Waals surface area contributed by atoms with Crippen molar-refractivity contribution >= 4 is 5.69 Å². The first-order valence-corrected chi connectivity index (χ1v) is 4.40. The highest BCUT2D eigenvalue weighted by atomic mass is 15.2. The molecule has 0 amide bonds. The van der Waals surface area contributed by atoms with Gasteiger partial charge >= 0.3 is 0 Å². The van der Waals surface area contributed by atoms with E-state index in [1.807, 2.05) is 6.07 Å². The molecule has 0 saturated carbocycles. The Balaban J connectivity index is 1.97. The number of hydrogen-bond acceptors (Lipinski definition) is 2. The van der Waals surface area contributed by atoms with E-state index in [-0.39, 0.29) is 0 Å². The summed E-state index contributed by atoms with van der Waals surface area (Å²) >= 11 is 0. The molecule has 1 heterocycles. The molecule has 0 unspecified atom stereocenters. The molecular formula is C10H14N2. The lowest BCUT2D eigenvalue weighted by atomic mass is 10.00. The van der Waals surface area contributed by atoms with Gasteiger partial charge in [-0.2, -0.15) is 0 Å². The molecule has 1 aromatic carbocycles. The maximum atomic E-state index is 5.55. The van der Waals surface area contributed by atoms with Gasteiger partial charge in [0.2, 0.25) is 0 Å². The van der Waals surface area contributed by atoms with Crippen LogP contribution in [0.4, 0.5) is 5.69 Å². The average Bonchev–Trinajstić information content (AvgIpc) is 2.04. The Labute approximate surface area is 73.0 Å². The Morgan fingerprint density at radius 1 is 1.25 bits per heavy atom. The van der Waals surface area contributed by atoms with Gasteiger partial charge in [-0.3, -0.25) is 0 Å². The van der Waals surface area contributed by atoms with E-state index in [0.29, 0.717) is 5.92 Å². The Hall–Kier alpha value is -1.02. The van der Waals surface area contributed by atoms with Gasteiger partial charge in [0, 0.05) is 24.7 Å². The first kappa shape index (κ1) is 7.62. The van der Waals surface area contributed by atoms with Crippen molar-refractivity contribution in [3.8, 4) is 0 Å². The summed E-state index contributed by atoms with van der Waals surface area (Å²) in [6.45, 7) is 3.07. The van der Waals surface area contributed by atoms with Crippen LogP contribution < -0.4 is 10.6 Å². The van der Waals surface area contributed by atoms with Crippen molar-refractivity contribution in [3.63, 3.8) is 0 Å². The molecule has 2 heteroatoms. The molecule has 2 rings (SSSR count). The molecule has 64 valence electrons. The minimum atomic E-state index is 0.713. The smallest absolute Gasteiger partial charge is 0.0366 e. The monoisotopic (exact) mass is 162 g/mol. The third-order valence-electron chi connectivity index (χ3n) is 2.41. The zero-order valence-electron chi connectivity index (χ0n) is 7.11. The van der Waals surface area contributed by atoms with Gasteiger partial charge in [0.05, 0.1) is 0 Å². The first-order chi connectivity index (χ1) is 5.90. The van der Waals surface area contributed by atoms with Crippen LogP contribution in [0, 0.1) is 5.92 Å². The number of nitrogens with zero attached hydrogens (tertiary/aromatic N) is 1. The van der Waals surface area contributed by atoms with E-state index in [4.69, 9.17) is 5.73 Å². The minimum Gasteiger partial charge on any atom is -0.371 e. The highest BCUT2D eigenvalue weighted by Gasteiger charge is 2.24. The van der Waals surface area contributed by atoms with Crippen LogP contribution in [0.25, 0.3) is 0 Å². The lowest BCUT2D eigenvalue weighted by Gasteiger charge is -2.40. The molecule has 1 aromatic rings. The molecule has 1 aliphatic heterocycles. The highest BCUT2D eigenvalue weighted by molar-refractivity contribution is 5.48. The van der Waals surface area contributed by atoms with Gasteiger partial charge in [0.15, 0.2) is 0 Å². The fourth-order valence-corrected chi connectivity index (χ4v) is 1.57. The molecule has 0 spiro atoms. The van der Waals surface area contributed by atoms with Crippen LogP contribution in [-0.2, 0) is 0 Å². The van der Waals surface area contributed by atoms with Gasteiger partial charge in [-0.15, -0.1) is 0 Å². The van der Waals surface area contributed by atoms with Gasteiger partial charge in [0.1, 0.15) is 0 Å². The second-order valence-electron chi connectivity index (χ2n) is 3.34. The van der Waals surface area contributed by atoms with Crippen LogP contribution in [0.15, 0.2) is 30.3 Å². The van der Waals surface area contributed by atoms with Gasteiger partial charge in [-0.1, -0.05) is 18.2 Å². The summed E-state index contributed by atoms with van der Waals surface area (Å²) < 4.78 is 0. The Morgan fingerprint density at radius 3 is 2.50 bits per heavy atom. The van der Waals surface area contributed by atoms with Gasteiger partial charge in [-0.05, 0) is 18.7 Å². The predicted octanol–water partition coefficient (Wildman–Crippen LogP) is 1.08. The van der Waals surface area contributed by atoms with E-state index in [0.717, 1.165) is 19.6 Å². The Kier molecular flexibility index (Phi) is 2.00. The van der Waals surface area contributed by atoms with Crippen molar-refractivity contribution in [2.45, 2.75) is 0 Å². The van der Waals surface area contributed by atoms with Crippen LogP contribution >= 0.6 is 0 Å². The van der Waals surface area contributed by atoms with E-state index in [1.165, 1.54) is 5.69 Å². The summed E-state index contributed by atoms with van der Waals surface area (Å²) in [5, 5.41) is 0. The summed E-state index contributed by atoms with van der Waals surface area (Å²) in [5.74, 6) is 0.713. The molecule has 0 bridgehead atoms. The number of nitrogens with two attached hydrogens (primary N) is 1. The van der Waals surface area contributed by atoms with Gasteiger partial charge < -0.3 is 10.6 Å². The zero-order chi connectivity index (χ0) is 8.39. The normalized spacial score (nSPS) is 17.6. The maximum Gasteiger partial charge on any atom is 0.0366 e. The van der Waals surface area contributed by atoms with Crippen molar-refractivity contribution < 1.29 is 0 Å². The summed E-state index contributed by atoms with van der Waals surface area (Å²) in [6, 6.07) is 10.5. The van der Waals surface area contributed by atoms with Gasteiger partial charge in [-0.25, -0.2) is 0 Å². The molecule has 12 heavy (non-hydrogen) atoms. The topological polar surface area (TPSA) is 29.3 Å². The molecule has 0 atom stereocenters. The van der Waals surface area contributed by atoms with E-state index >= 15 is 0 Å². The molecule has 1 saturated heterocycles. The molecular weight excluding hydrogens is 148 g/mol. The summed E-state index contributed by atoms with van der Waals surface area (Å²) in [6.07, 6.45) is 0. The number of para-hydroxylation sites is 1. The van der Waals surface area contributed by atoms with Crippen molar-refractivity contribution in [2.24, 2.45) is 11.7 Å². The lowest BCUT2D eigenvalue weighted by Crippen LogP contribution is -2.49. The molecule has 0 aliphatic carbocycles. The predicted molar refractivity (Wildman–Crippen MR) is 51.2 cm³/mol. The van der Waals surface area contributed by atoms with E-state index in [1.54, 1.807) is 0 Å². The average molecular weight is 162 g/mol. The number of hydrogen-bond donors (Lipinski definition) is 1. The summed E-state index contributed by atoms with van der Waals surface area (Å²) in [4.78, 5) is 2.36. The largest absolute Gasteiger partial charge is 0.371 e. The minimum absolute atomic E-state index is 0.713. The molecule has 1 fully saturated rings. The third-order valence-corrected chi connectivity index (χ3v) is 2.41. The Bertz CT molecular complexity index is 239. The first-order valence-electron chi connectivity index (χ1n) is 4.40. The number of benzene rings is 1. The van der Waals surface area contributed by atoms with Crippen LogP contribution in [0.5, 0.6) is 0 Å². The summed E-state index contributed by atoms with van der Waals surface area (Å²) in [5.41, 5.74) is 6.87. The second kappa shape index (κ2) is 3.15. The molecule has 0 aromatic heterocycles. The lowest BCUT2D eigenvalue weighted by molar-refractivity contribution is 0.420. The molecule has 1 aliphatic rings.